The van der Waals surface area contributed by atoms with Crippen LogP contribution in [0.2, 0.25) is 0 Å². The average molecular weight is 398 g/mol. The summed E-state index contributed by atoms with van der Waals surface area (Å²) >= 11 is 1.48. The molecule has 1 aliphatic rings. The lowest BCUT2D eigenvalue weighted by Crippen LogP contribution is -2.24. The highest BCUT2D eigenvalue weighted by Crippen LogP contribution is 2.27. The molecule has 1 saturated carbocycles. The summed E-state index contributed by atoms with van der Waals surface area (Å²) < 4.78 is 5.41. The molecule has 1 aliphatic carbocycles. The lowest BCUT2D eigenvalue weighted by molar-refractivity contribution is -0.120. The smallest absolute Gasteiger partial charge is 0.227 e. The summed E-state index contributed by atoms with van der Waals surface area (Å²) in [4.78, 5) is 25.8. The van der Waals surface area contributed by atoms with Crippen molar-refractivity contribution in [1.29, 1.82) is 0 Å². The Kier molecular flexibility index (Phi) is 7.54. The van der Waals surface area contributed by atoms with Gasteiger partial charge in [-0.1, -0.05) is 25.3 Å². The Hall–Kier alpha value is -2.27. The average Bonchev–Trinajstić information content (AvgIpc) is 2.74. The Bertz CT molecular complexity index is 798. The van der Waals surface area contributed by atoms with Crippen molar-refractivity contribution in [3.8, 4) is 5.75 Å². The van der Waals surface area contributed by atoms with Crippen molar-refractivity contribution >= 4 is 29.1 Å². The fourth-order valence-electron chi connectivity index (χ4n) is 3.41. The van der Waals surface area contributed by atoms with Crippen LogP contribution in [0.15, 0.2) is 53.4 Å². The Morgan fingerprint density at radius 2 is 1.82 bits per heavy atom. The highest BCUT2D eigenvalue weighted by molar-refractivity contribution is 8.00. The number of anilines is 1. The fraction of sp³-hybridized carbons (Fsp3) is 0.391. The van der Waals surface area contributed by atoms with Gasteiger partial charge in [-0.3, -0.25) is 9.59 Å². The first-order valence-corrected chi connectivity index (χ1v) is 10.9. The number of carbonyl (C=O) groups is 2. The predicted molar refractivity (Wildman–Crippen MR) is 114 cm³/mol. The zero-order chi connectivity index (χ0) is 19.8. The number of hydrogen-bond donors (Lipinski definition) is 1. The minimum atomic E-state index is 0.0738. The Morgan fingerprint density at radius 1 is 1.07 bits per heavy atom. The molecule has 5 heteroatoms. The highest BCUT2D eigenvalue weighted by Gasteiger charge is 2.21. The molecular weight excluding hydrogens is 370 g/mol. The Balaban J connectivity index is 1.53. The SMILES string of the molecule is CCOc1ccc(C(=O)CSc2cccc(NC(=O)C3CCCCC3)c2)cc1. The molecule has 0 atom stereocenters. The minimum absolute atomic E-state index is 0.0738. The highest BCUT2D eigenvalue weighted by atomic mass is 32.2. The van der Waals surface area contributed by atoms with E-state index in [1.807, 2.05) is 43.3 Å². The van der Waals surface area contributed by atoms with Gasteiger partial charge in [-0.05, 0) is 62.2 Å². The van der Waals surface area contributed by atoms with Crippen LogP contribution in [-0.2, 0) is 4.79 Å². The van der Waals surface area contributed by atoms with Crippen molar-refractivity contribution in [2.45, 2.75) is 43.9 Å². The van der Waals surface area contributed by atoms with Gasteiger partial charge < -0.3 is 10.1 Å². The summed E-state index contributed by atoms with van der Waals surface area (Å²) in [6, 6.07) is 15.0. The molecule has 0 saturated heterocycles. The number of ketones is 1. The van der Waals surface area contributed by atoms with E-state index in [0.717, 1.165) is 42.0 Å². The maximum Gasteiger partial charge on any atom is 0.227 e. The van der Waals surface area contributed by atoms with E-state index in [-0.39, 0.29) is 17.6 Å². The van der Waals surface area contributed by atoms with Crippen molar-refractivity contribution in [1.82, 2.24) is 0 Å². The summed E-state index contributed by atoms with van der Waals surface area (Å²) in [7, 11) is 0. The second-order valence-corrected chi connectivity index (χ2v) is 8.07. The molecule has 0 bridgehead atoms. The first-order valence-electron chi connectivity index (χ1n) is 9.95. The normalized spacial score (nSPS) is 14.5. The number of Topliss-reactive ketones (excluding diaryl/α,β-unsaturated/α-hetero) is 1. The van der Waals surface area contributed by atoms with Gasteiger partial charge in [0.15, 0.2) is 5.78 Å². The number of ether oxygens (including phenoxy) is 1. The largest absolute Gasteiger partial charge is 0.494 e. The molecule has 2 aromatic rings. The molecule has 0 aromatic heterocycles. The van der Waals surface area contributed by atoms with Gasteiger partial charge in [0, 0.05) is 22.1 Å². The van der Waals surface area contributed by atoms with Crippen LogP contribution in [0.1, 0.15) is 49.4 Å². The summed E-state index contributed by atoms with van der Waals surface area (Å²) in [6.45, 7) is 2.54. The van der Waals surface area contributed by atoms with Crippen molar-refractivity contribution < 1.29 is 14.3 Å². The lowest BCUT2D eigenvalue weighted by Gasteiger charge is -2.20. The van der Waals surface area contributed by atoms with E-state index in [0.29, 0.717) is 17.9 Å². The molecule has 0 spiro atoms. The molecule has 0 radical (unpaired) electrons. The number of rotatable bonds is 8. The van der Waals surface area contributed by atoms with E-state index in [1.165, 1.54) is 18.2 Å². The van der Waals surface area contributed by atoms with Crippen molar-refractivity contribution in [2.24, 2.45) is 5.92 Å². The first kappa shape index (κ1) is 20.5. The van der Waals surface area contributed by atoms with Gasteiger partial charge in [0.1, 0.15) is 5.75 Å². The van der Waals surface area contributed by atoms with E-state index in [9.17, 15) is 9.59 Å². The van der Waals surface area contributed by atoms with Gasteiger partial charge in [0.25, 0.3) is 0 Å². The van der Waals surface area contributed by atoms with Crippen LogP contribution in [0.3, 0.4) is 0 Å². The molecule has 1 N–H and O–H groups in total. The Labute approximate surface area is 171 Å². The standard InChI is InChI=1S/C23H27NO3S/c1-2-27-20-13-11-17(12-14-20)22(25)16-28-21-10-6-9-19(15-21)24-23(26)18-7-4-3-5-8-18/h6,9-15,18H,2-5,7-8,16H2,1H3,(H,24,26). The second kappa shape index (κ2) is 10.3. The molecule has 3 rings (SSSR count). The quantitative estimate of drug-likeness (QED) is 0.467. The zero-order valence-corrected chi connectivity index (χ0v) is 17.1. The summed E-state index contributed by atoms with van der Waals surface area (Å²) in [5, 5.41) is 3.04. The molecule has 4 nitrogen and oxygen atoms in total. The van der Waals surface area contributed by atoms with E-state index in [2.05, 4.69) is 5.32 Å². The third-order valence-electron chi connectivity index (χ3n) is 4.93. The number of amides is 1. The molecule has 1 amide bonds. The van der Waals surface area contributed by atoms with Crippen molar-refractivity contribution in [3.63, 3.8) is 0 Å². The van der Waals surface area contributed by atoms with E-state index in [1.54, 1.807) is 12.1 Å². The number of thioether (sulfide) groups is 1. The van der Waals surface area contributed by atoms with Crippen LogP contribution in [0, 0.1) is 5.92 Å². The molecule has 0 aliphatic heterocycles. The maximum atomic E-state index is 12.4. The summed E-state index contributed by atoms with van der Waals surface area (Å²) in [6.07, 6.45) is 5.48. The molecule has 1 fully saturated rings. The van der Waals surface area contributed by atoms with E-state index >= 15 is 0 Å². The molecule has 2 aromatic carbocycles. The third kappa shape index (κ3) is 5.86. The number of benzene rings is 2. The summed E-state index contributed by atoms with van der Waals surface area (Å²) in [5.74, 6) is 1.45. The monoisotopic (exact) mass is 397 g/mol. The number of hydrogen-bond acceptors (Lipinski definition) is 4. The number of carbonyl (C=O) groups excluding carboxylic acids is 2. The zero-order valence-electron chi connectivity index (χ0n) is 16.3. The van der Waals surface area contributed by atoms with Gasteiger partial charge in [-0.25, -0.2) is 0 Å². The fourth-order valence-corrected chi connectivity index (χ4v) is 4.26. The van der Waals surface area contributed by atoms with E-state index < -0.39 is 0 Å². The van der Waals surface area contributed by atoms with Crippen LogP contribution in [0.4, 0.5) is 5.69 Å². The van der Waals surface area contributed by atoms with Gasteiger partial charge in [-0.2, -0.15) is 0 Å². The van der Waals surface area contributed by atoms with Crippen LogP contribution in [0.25, 0.3) is 0 Å². The molecule has 0 unspecified atom stereocenters. The first-order chi connectivity index (χ1) is 13.7. The van der Waals surface area contributed by atoms with Crippen LogP contribution < -0.4 is 10.1 Å². The third-order valence-corrected chi connectivity index (χ3v) is 5.93. The second-order valence-electron chi connectivity index (χ2n) is 7.02. The van der Waals surface area contributed by atoms with Gasteiger partial charge in [-0.15, -0.1) is 11.8 Å². The van der Waals surface area contributed by atoms with Gasteiger partial charge >= 0.3 is 0 Å². The maximum absolute atomic E-state index is 12.4. The van der Waals surface area contributed by atoms with Crippen molar-refractivity contribution in [3.05, 3.63) is 54.1 Å². The lowest BCUT2D eigenvalue weighted by atomic mass is 9.88. The summed E-state index contributed by atoms with van der Waals surface area (Å²) in [5.41, 5.74) is 1.48. The van der Waals surface area contributed by atoms with Crippen LogP contribution in [-0.4, -0.2) is 24.1 Å². The predicted octanol–water partition coefficient (Wildman–Crippen LogP) is 5.58. The van der Waals surface area contributed by atoms with Gasteiger partial charge in [0.2, 0.25) is 5.91 Å². The van der Waals surface area contributed by atoms with E-state index in [4.69, 9.17) is 4.74 Å². The van der Waals surface area contributed by atoms with Crippen LogP contribution in [0.5, 0.6) is 5.75 Å². The minimum Gasteiger partial charge on any atom is -0.494 e. The molecular formula is C23H27NO3S. The molecule has 28 heavy (non-hydrogen) atoms. The topological polar surface area (TPSA) is 55.4 Å². The Morgan fingerprint density at radius 3 is 2.54 bits per heavy atom. The number of nitrogens with one attached hydrogen (secondary N) is 1. The van der Waals surface area contributed by atoms with Gasteiger partial charge in [0.05, 0.1) is 12.4 Å². The molecule has 0 heterocycles. The molecule has 148 valence electrons. The van der Waals surface area contributed by atoms with Crippen molar-refractivity contribution in [2.75, 3.05) is 17.7 Å². The van der Waals surface area contributed by atoms with Crippen LogP contribution >= 0.6 is 11.8 Å².